The number of halogens is 3. The zero-order chi connectivity index (χ0) is 16.1. The molecule has 0 radical (unpaired) electrons. The molecular formula is C15H21Cl2IN4O. The third-order valence-electron chi connectivity index (χ3n) is 3.36. The van der Waals surface area contributed by atoms with Crippen molar-refractivity contribution in [2.75, 3.05) is 13.6 Å². The number of carbonyl (C=O) groups is 1. The number of aliphatic imine (C=N–C) groups is 1. The largest absolute Gasteiger partial charge is 0.352 e. The highest BCUT2D eigenvalue weighted by Gasteiger charge is 2.23. The predicted octanol–water partition coefficient (Wildman–Crippen LogP) is 3.12. The van der Waals surface area contributed by atoms with Crippen LogP contribution in [-0.2, 0) is 4.79 Å². The Hall–Kier alpha value is -0.730. The van der Waals surface area contributed by atoms with E-state index in [9.17, 15) is 4.79 Å². The SMILES string of the molecule is CN=C(NCC(=O)NC1CC1)NC(C)c1ccc(Cl)cc1Cl.I. The van der Waals surface area contributed by atoms with Gasteiger partial charge in [0.25, 0.3) is 0 Å². The Kier molecular flexibility index (Phi) is 8.42. The van der Waals surface area contributed by atoms with Gasteiger partial charge in [0.05, 0.1) is 12.6 Å². The monoisotopic (exact) mass is 470 g/mol. The van der Waals surface area contributed by atoms with Gasteiger partial charge in [0.2, 0.25) is 5.91 Å². The molecule has 0 saturated heterocycles. The Bertz CT molecular complexity index is 579. The molecule has 1 aromatic rings. The summed E-state index contributed by atoms with van der Waals surface area (Å²) in [7, 11) is 1.66. The minimum atomic E-state index is -0.0672. The average Bonchev–Trinajstić information content (AvgIpc) is 3.27. The Morgan fingerprint density at radius 3 is 2.65 bits per heavy atom. The number of hydrogen-bond acceptors (Lipinski definition) is 2. The van der Waals surface area contributed by atoms with Gasteiger partial charge in [0, 0.05) is 23.1 Å². The van der Waals surface area contributed by atoms with Crippen molar-refractivity contribution in [3.05, 3.63) is 33.8 Å². The first-order valence-electron chi connectivity index (χ1n) is 7.21. The predicted molar refractivity (Wildman–Crippen MR) is 106 cm³/mol. The summed E-state index contributed by atoms with van der Waals surface area (Å²) in [5, 5.41) is 10.3. The first kappa shape index (κ1) is 20.3. The molecule has 1 fully saturated rings. The third kappa shape index (κ3) is 6.73. The van der Waals surface area contributed by atoms with Crippen molar-refractivity contribution in [2.24, 2.45) is 4.99 Å². The second-order valence-electron chi connectivity index (χ2n) is 5.30. The number of guanidine groups is 1. The fourth-order valence-electron chi connectivity index (χ4n) is 2.00. The van der Waals surface area contributed by atoms with E-state index in [-0.39, 0.29) is 42.5 Å². The number of nitrogens with one attached hydrogen (secondary N) is 3. The van der Waals surface area contributed by atoms with Gasteiger partial charge in [0.1, 0.15) is 0 Å². The van der Waals surface area contributed by atoms with Crippen LogP contribution in [-0.4, -0.2) is 31.5 Å². The second kappa shape index (κ2) is 9.54. The third-order valence-corrected chi connectivity index (χ3v) is 3.93. The lowest BCUT2D eigenvalue weighted by Crippen LogP contribution is -2.44. The van der Waals surface area contributed by atoms with Gasteiger partial charge in [-0.1, -0.05) is 29.3 Å². The van der Waals surface area contributed by atoms with Crippen LogP contribution in [0.15, 0.2) is 23.2 Å². The second-order valence-corrected chi connectivity index (χ2v) is 6.14. The molecule has 128 valence electrons. The van der Waals surface area contributed by atoms with E-state index >= 15 is 0 Å². The summed E-state index contributed by atoms with van der Waals surface area (Å²) in [6.45, 7) is 2.16. The molecular weight excluding hydrogens is 450 g/mol. The lowest BCUT2D eigenvalue weighted by molar-refractivity contribution is -0.120. The van der Waals surface area contributed by atoms with E-state index in [1.165, 1.54) is 0 Å². The summed E-state index contributed by atoms with van der Waals surface area (Å²) in [5.74, 6) is 0.520. The van der Waals surface area contributed by atoms with Crippen LogP contribution in [0, 0.1) is 0 Å². The Labute approximate surface area is 163 Å². The normalized spacial score (nSPS) is 15.4. The van der Waals surface area contributed by atoms with Crippen molar-refractivity contribution in [3.63, 3.8) is 0 Å². The molecule has 5 nitrogen and oxygen atoms in total. The van der Waals surface area contributed by atoms with Crippen molar-refractivity contribution >= 4 is 59.0 Å². The van der Waals surface area contributed by atoms with Crippen molar-refractivity contribution in [1.29, 1.82) is 0 Å². The molecule has 1 atom stereocenters. The highest BCUT2D eigenvalue weighted by molar-refractivity contribution is 14.0. The number of rotatable bonds is 5. The molecule has 1 unspecified atom stereocenters. The van der Waals surface area contributed by atoms with Crippen LogP contribution in [0.2, 0.25) is 10.0 Å². The van der Waals surface area contributed by atoms with Crippen molar-refractivity contribution in [2.45, 2.75) is 31.8 Å². The first-order chi connectivity index (χ1) is 10.5. The highest BCUT2D eigenvalue weighted by Crippen LogP contribution is 2.25. The molecule has 2 rings (SSSR count). The Balaban J connectivity index is 0.00000264. The van der Waals surface area contributed by atoms with E-state index in [0.717, 1.165) is 18.4 Å². The molecule has 0 spiro atoms. The standard InChI is InChI=1S/C15H20Cl2N4O.HI/c1-9(12-6-3-10(16)7-13(12)17)20-15(18-2)19-8-14(22)21-11-4-5-11;/h3,6-7,9,11H,4-5,8H2,1-2H3,(H,21,22)(H2,18,19,20);1H. The van der Waals surface area contributed by atoms with E-state index in [2.05, 4.69) is 20.9 Å². The summed E-state index contributed by atoms with van der Waals surface area (Å²) >= 11 is 12.1. The summed E-state index contributed by atoms with van der Waals surface area (Å²) in [4.78, 5) is 15.8. The maximum Gasteiger partial charge on any atom is 0.239 e. The fourth-order valence-corrected chi connectivity index (χ4v) is 2.57. The molecule has 1 aliphatic rings. The maximum absolute atomic E-state index is 11.7. The van der Waals surface area contributed by atoms with Crippen LogP contribution in [0.1, 0.15) is 31.4 Å². The summed E-state index contributed by atoms with van der Waals surface area (Å²) in [5.41, 5.74) is 0.913. The molecule has 23 heavy (non-hydrogen) atoms. The van der Waals surface area contributed by atoms with Crippen molar-refractivity contribution < 1.29 is 4.79 Å². The average molecular weight is 471 g/mol. The van der Waals surface area contributed by atoms with Gasteiger partial charge >= 0.3 is 0 Å². The molecule has 3 N–H and O–H groups in total. The van der Waals surface area contributed by atoms with Crippen LogP contribution < -0.4 is 16.0 Å². The minimum absolute atomic E-state index is 0. The molecule has 1 aromatic carbocycles. The van der Waals surface area contributed by atoms with Gasteiger partial charge in [-0.15, -0.1) is 24.0 Å². The lowest BCUT2D eigenvalue weighted by Gasteiger charge is -2.19. The number of amides is 1. The number of nitrogens with zero attached hydrogens (tertiary/aromatic N) is 1. The van der Waals surface area contributed by atoms with E-state index in [0.29, 0.717) is 22.0 Å². The highest BCUT2D eigenvalue weighted by atomic mass is 127. The minimum Gasteiger partial charge on any atom is -0.352 e. The molecule has 0 aliphatic heterocycles. The summed E-state index contributed by atoms with van der Waals surface area (Å²) in [6, 6.07) is 5.66. The van der Waals surface area contributed by atoms with Gasteiger partial charge in [-0.3, -0.25) is 9.79 Å². The van der Waals surface area contributed by atoms with Crippen LogP contribution in [0.25, 0.3) is 0 Å². The van der Waals surface area contributed by atoms with Crippen LogP contribution in [0.4, 0.5) is 0 Å². The number of carbonyl (C=O) groups excluding carboxylic acids is 1. The van der Waals surface area contributed by atoms with Crippen LogP contribution >= 0.6 is 47.2 Å². The van der Waals surface area contributed by atoms with Gasteiger partial charge in [-0.05, 0) is 37.5 Å². The van der Waals surface area contributed by atoms with Crippen LogP contribution in [0.5, 0.6) is 0 Å². The zero-order valence-electron chi connectivity index (χ0n) is 13.0. The summed E-state index contributed by atoms with van der Waals surface area (Å²) < 4.78 is 0. The van der Waals surface area contributed by atoms with E-state index < -0.39 is 0 Å². The maximum atomic E-state index is 11.7. The molecule has 1 saturated carbocycles. The van der Waals surface area contributed by atoms with Crippen LogP contribution in [0.3, 0.4) is 0 Å². The Morgan fingerprint density at radius 2 is 2.09 bits per heavy atom. The quantitative estimate of drug-likeness (QED) is 0.352. The fraction of sp³-hybridized carbons (Fsp3) is 0.467. The summed E-state index contributed by atoms with van der Waals surface area (Å²) in [6.07, 6.45) is 2.15. The van der Waals surface area contributed by atoms with Gasteiger partial charge in [-0.25, -0.2) is 0 Å². The van der Waals surface area contributed by atoms with E-state index in [1.54, 1.807) is 19.2 Å². The number of hydrogen-bond donors (Lipinski definition) is 3. The van der Waals surface area contributed by atoms with E-state index in [4.69, 9.17) is 23.2 Å². The van der Waals surface area contributed by atoms with Gasteiger partial charge < -0.3 is 16.0 Å². The topological polar surface area (TPSA) is 65.5 Å². The molecule has 0 heterocycles. The molecule has 0 bridgehead atoms. The van der Waals surface area contributed by atoms with Crippen molar-refractivity contribution in [1.82, 2.24) is 16.0 Å². The van der Waals surface area contributed by atoms with Crippen molar-refractivity contribution in [3.8, 4) is 0 Å². The molecule has 0 aromatic heterocycles. The molecule has 1 amide bonds. The first-order valence-corrected chi connectivity index (χ1v) is 7.96. The van der Waals surface area contributed by atoms with Gasteiger partial charge in [-0.2, -0.15) is 0 Å². The smallest absolute Gasteiger partial charge is 0.239 e. The van der Waals surface area contributed by atoms with Gasteiger partial charge in [0.15, 0.2) is 5.96 Å². The lowest BCUT2D eigenvalue weighted by atomic mass is 10.1. The zero-order valence-corrected chi connectivity index (χ0v) is 16.9. The number of benzene rings is 1. The van der Waals surface area contributed by atoms with E-state index in [1.807, 2.05) is 13.0 Å². The molecule has 8 heteroatoms. The molecule has 1 aliphatic carbocycles. The Morgan fingerprint density at radius 1 is 1.39 bits per heavy atom.